The molecule has 0 radical (unpaired) electrons. The van der Waals surface area contributed by atoms with Crippen LogP contribution in [-0.2, 0) is 11.3 Å². The summed E-state index contributed by atoms with van der Waals surface area (Å²) in [5.74, 6) is 0. The second kappa shape index (κ2) is 6.60. The first-order valence-electron chi connectivity index (χ1n) is 8.05. The van der Waals surface area contributed by atoms with E-state index in [2.05, 4.69) is 74.5 Å². The van der Waals surface area contributed by atoms with Gasteiger partial charge in [0.25, 0.3) is 0 Å². The van der Waals surface area contributed by atoms with Gasteiger partial charge in [0.2, 0.25) is 0 Å². The predicted octanol–water partition coefficient (Wildman–Crippen LogP) is 6.09. The van der Waals surface area contributed by atoms with Crippen LogP contribution in [-0.4, -0.2) is 0 Å². The van der Waals surface area contributed by atoms with Crippen LogP contribution in [0.15, 0.2) is 78.9 Å². The third-order valence-electron chi connectivity index (χ3n) is 4.38. The van der Waals surface area contributed by atoms with E-state index < -0.39 is 4.87 Å². The monoisotopic (exact) mass is 320 g/mol. The lowest BCUT2D eigenvalue weighted by atomic mass is 9.83. The van der Waals surface area contributed by atoms with E-state index in [9.17, 15) is 0 Å². The zero-order valence-corrected chi connectivity index (χ0v) is 14.3. The Morgan fingerprint density at radius 3 is 1.70 bits per heavy atom. The Bertz CT molecular complexity index is 757. The molecule has 3 aromatic carbocycles. The fourth-order valence-corrected chi connectivity index (χ4v) is 3.30. The van der Waals surface area contributed by atoms with Gasteiger partial charge in [-0.3, -0.25) is 0 Å². The standard InChI is InChI=1S/C22H21Cl/c1-3-18-11-15-21(16-12-18)22(23,19-7-5-4-6-8-19)20-13-9-17(2)10-14-20/h4-16H,3H2,1-2H3. The maximum absolute atomic E-state index is 7.26. The third kappa shape index (κ3) is 3.04. The van der Waals surface area contributed by atoms with Gasteiger partial charge in [0, 0.05) is 0 Å². The fourth-order valence-electron chi connectivity index (χ4n) is 2.92. The van der Waals surface area contributed by atoms with Crippen LogP contribution < -0.4 is 0 Å². The number of halogens is 1. The highest BCUT2D eigenvalue weighted by Gasteiger charge is 2.33. The molecule has 0 bridgehead atoms. The first kappa shape index (κ1) is 15.8. The molecule has 0 spiro atoms. The van der Waals surface area contributed by atoms with Crippen LogP contribution in [0.3, 0.4) is 0 Å². The minimum Gasteiger partial charge on any atom is -0.104 e. The molecule has 0 N–H and O–H groups in total. The van der Waals surface area contributed by atoms with Gasteiger partial charge in [0.15, 0.2) is 0 Å². The summed E-state index contributed by atoms with van der Waals surface area (Å²) in [6.07, 6.45) is 1.03. The fraction of sp³-hybridized carbons (Fsp3) is 0.182. The van der Waals surface area contributed by atoms with Crippen LogP contribution in [0.4, 0.5) is 0 Å². The van der Waals surface area contributed by atoms with Crippen molar-refractivity contribution in [2.75, 3.05) is 0 Å². The van der Waals surface area contributed by atoms with Crippen molar-refractivity contribution in [3.05, 3.63) is 107 Å². The molecule has 0 saturated heterocycles. The summed E-state index contributed by atoms with van der Waals surface area (Å²) < 4.78 is 0. The van der Waals surface area contributed by atoms with Crippen molar-refractivity contribution in [3.63, 3.8) is 0 Å². The van der Waals surface area contributed by atoms with E-state index in [-0.39, 0.29) is 0 Å². The Kier molecular flexibility index (Phi) is 4.54. The zero-order valence-electron chi connectivity index (χ0n) is 13.6. The van der Waals surface area contributed by atoms with E-state index >= 15 is 0 Å². The average Bonchev–Trinajstić information content (AvgIpc) is 2.62. The predicted molar refractivity (Wildman–Crippen MR) is 99.2 cm³/mol. The largest absolute Gasteiger partial charge is 0.119 e. The molecule has 0 saturated carbocycles. The highest BCUT2D eigenvalue weighted by Crippen LogP contribution is 2.43. The van der Waals surface area contributed by atoms with Gasteiger partial charge in [-0.15, -0.1) is 11.6 Å². The van der Waals surface area contributed by atoms with Gasteiger partial charge < -0.3 is 0 Å². The average molecular weight is 321 g/mol. The Balaban J connectivity index is 2.18. The molecule has 1 unspecified atom stereocenters. The lowest BCUT2D eigenvalue weighted by Gasteiger charge is -2.29. The van der Waals surface area contributed by atoms with E-state index in [1.165, 1.54) is 11.1 Å². The molecular weight excluding hydrogens is 300 g/mol. The molecule has 0 aliphatic heterocycles. The maximum atomic E-state index is 7.26. The summed E-state index contributed by atoms with van der Waals surface area (Å²) in [5.41, 5.74) is 5.85. The Morgan fingerprint density at radius 2 is 1.17 bits per heavy atom. The van der Waals surface area contributed by atoms with Crippen LogP contribution in [0.5, 0.6) is 0 Å². The third-order valence-corrected chi connectivity index (χ3v) is 5.04. The molecule has 0 fully saturated rings. The van der Waals surface area contributed by atoms with Crippen molar-refractivity contribution < 1.29 is 0 Å². The molecule has 0 aliphatic rings. The highest BCUT2D eigenvalue weighted by molar-refractivity contribution is 6.28. The number of hydrogen-bond donors (Lipinski definition) is 0. The number of alkyl halides is 1. The number of hydrogen-bond acceptors (Lipinski definition) is 0. The second-order valence-corrected chi connectivity index (χ2v) is 6.51. The first-order chi connectivity index (χ1) is 11.1. The number of rotatable bonds is 4. The molecule has 0 amide bonds. The number of aryl methyl sites for hydroxylation is 2. The van der Waals surface area contributed by atoms with E-state index in [1.807, 2.05) is 18.2 Å². The smallest absolute Gasteiger partial charge is 0.104 e. The van der Waals surface area contributed by atoms with E-state index in [0.29, 0.717) is 0 Å². The van der Waals surface area contributed by atoms with Gasteiger partial charge >= 0.3 is 0 Å². The van der Waals surface area contributed by atoms with Crippen molar-refractivity contribution in [1.29, 1.82) is 0 Å². The SMILES string of the molecule is CCc1ccc(C(Cl)(c2ccccc2)c2ccc(C)cc2)cc1. The number of benzene rings is 3. The van der Waals surface area contributed by atoms with Gasteiger partial charge in [-0.05, 0) is 35.6 Å². The minimum atomic E-state index is -0.665. The van der Waals surface area contributed by atoms with Gasteiger partial charge in [0.1, 0.15) is 4.87 Å². The molecule has 1 heteroatoms. The van der Waals surface area contributed by atoms with Crippen LogP contribution in [0.1, 0.15) is 34.7 Å². The summed E-state index contributed by atoms with van der Waals surface area (Å²) in [6.45, 7) is 4.26. The van der Waals surface area contributed by atoms with Crippen LogP contribution in [0, 0.1) is 6.92 Å². The molecule has 1 atom stereocenters. The van der Waals surface area contributed by atoms with Crippen LogP contribution in [0.25, 0.3) is 0 Å². The van der Waals surface area contributed by atoms with Crippen LogP contribution in [0.2, 0.25) is 0 Å². The lowest BCUT2D eigenvalue weighted by molar-refractivity contribution is 0.876. The molecule has 23 heavy (non-hydrogen) atoms. The summed E-state index contributed by atoms with van der Waals surface area (Å²) in [7, 11) is 0. The topological polar surface area (TPSA) is 0 Å². The minimum absolute atomic E-state index is 0.665. The molecule has 0 nitrogen and oxygen atoms in total. The quantitative estimate of drug-likeness (QED) is 0.403. The molecule has 0 heterocycles. The molecule has 116 valence electrons. The summed E-state index contributed by atoms with van der Waals surface area (Å²) in [5, 5.41) is 0. The van der Waals surface area contributed by atoms with Gasteiger partial charge in [-0.1, -0.05) is 91.3 Å². The maximum Gasteiger partial charge on any atom is 0.119 e. The first-order valence-corrected chi connectivity index (χ1v) is 8.43. The van der Waals surface area contributed by atoms with Gasteiger partial charge in [-0.25, -0.2) is 0 Å². The second-order valence-electron chi connectivity index (χ2n) is 5.94. The zero-order chi connectivity index (χ0) is 16.3. The molecular formula is C22H21Cl. The molecule has 0 aliphatic carbocycles. The summed E-state index contributed by atoms with van der Waals surface area (Å²) in [6, 6.07) is 27.4. The van der Waals surface area contributed by atoms with Crippen molar-refractivity contribution in [3.8, 4) is 0 Å². The Morgan fingerprint density at radius 1 is 0.696 bits per heavy atom. The summed E-state index contributed by atoms with van der Waals surface area (Å²) >= 11 is 7.26. The van der Waals surface area contributed by atoms with Crippen molar-refractivity contribution in [2.24, 2.45) is 0 Å². The van der Waals surface area contributed by atoms with Crippen LogP contribution >= 0.6 is 11.6 Å². The highest BCUT2D eigenvalue weighted by atomic mass is 35.5. The van der Waals surface area contributed by atoms with E-state index in [1.54, 1.807) is 0 Å². The van der Waals surface area contributed by atoms with E-state index in [4.69, 9.17) is 11.6 Å². The van der Waals surface area contributed by atoms with Crippen molar-refractivity contribution in [1.82, 2.24) is 0 Å². The summed E-state index contributed by atoms with van der Waals surface area (Å²) in [4.78, 5) is -0.665. The Labute approximate surface area is 143 Å². The van der Waals surface area contributed by atoms with Crippen molar-refractivity contribution in [2.45, 2.75) is 25.1 Å². The molecule has 3 aromatic rings. The molecule has 3 rings (SSSR count). The Hall–Kier alpha value is -2.05. The van der Waals surface area contributed by atoms with Gasteiger partial charge in [0.05, 0.1) is 0 Å². The molecule has 0 aromatic heterocycles. The van der Waals surface area contributed by atoms with E-state index in [0.717, 1.165) is 23.1 Å². The normalized spacial score (nSPS) is 13.5. The van der Waals surface area contributed by atoms with Gasteiger partial charge in [-0.2, -0.15) is 0 Å². The van der Waals surface area contributed by atoms with Crippen molar-refractivity contribution >= 4 is 11.6 Å². The lowest BCUT2D eigenvalue weighted by Crippen LogP contribution is -2.22.